The fourth-order valence-corrected chi connectivity index (χ4v) is 3.25. The lowest BCUT2D eigenvalue weighted by Gasteiger charge is -2.22. The molecule has 5 heteroatoms. The van der Waals surface area contributed by atoms with Crippen LogP contribution >= 0.6 is 0 Å². The Morgan fingerprint density at radius 1 is 1.09 bits per heavy atom. The van der Waals surface area contributed by atoms with Crippen molar-refractivity contribution >= 4 is 16.8 Å². The third-order valence-corrected chi connectivity index (χ3v) is 4.79. The van der Waals surface area contributed by atoms with Crippen LogP contribution < -0.4 is 5.32 Å². The van der Waals surface area contributed by atoms with Crippen molar-refractivity contribution in [1.82, 2.24) is 10.2 Å². The fraction of sp³-hybridized carbons (Fsp3) is 0.278. The Morgan fingerprint density at radius 2 is 1.70 bits per heavy atom. The molecule has 4 nitrogen and oxygen atoms in total. The summed E-state index contributed by atoms with van der Waals surface area (Å²) in [7, 11) is 2.77. The molecule has 0 saturated heterocycles. The molecular formula is C18H23N3OS. The Hall–Kier alpha value is -2.14. The molecule has 0 aromatic heterocycles. The van der Waals surface area contributed by atoms with Crippen LogP contribution in [0.1, 0.15) is 5.56 Å². The summed E-state index contributed by atoms with van der Waals surface area (Å²) in [6.07, 6.45) is 0. The van der Waals surface area contributed by atoms with E-state index in [0.29, 0.717) is 12.3 Å². The molecule has 0 spiro atoms. The van der Waals surface area contributed by atoms with Gasteiger partial charge in [-0.25, -0.2) is 0 Å². The van der Waals surface area contributed by atoms with Gasteiger partial charge in [-0.2, -0.15) is 0 Å². The monoisotopic (exact) mass is 329 g/mol. The van der Waals surface area contributed by atoms with E-state index in [0.717, 1.165) is 17.4 Å². The van der Waals surface area contributed by atoms with E-state index in [1.54, 1.807) is 7.05 Å². The molecule has 0 saturated carbocycles. The minimum Gasteiger partial charge on any atom is -0.355 e. The number of aliphatic imine (C=N–C) groups is 1. The molecule has 1 atom stereocenters. The van der Waals surface area contributed by atoms with Gasteiger partial charge in [-0.1, -0.05) is 48.5 Å². The first-order valence-corrected chi connectivity index (χ1v) is 8.91. The summed E-state index contributed by atoms with van der Waals surface area (Å²) in [5.41, 5.74) is 1.23. The zero-order chi connectivity index (χ0) is 16.5. The van der Waals surface area contributed by atoms with Crippen LogP contribution in [0, 0.1) is 0 Å². The number of benzene rings is 2. The van der Waals surface area contributed by atoms with E-state index < -0.39 is 10.8 Å². The van der Waals surface area contributed by atoms with Crippen LogP contribution in [0.2, 0.25) is 0 Å². The molecule has 2 rings (SSSR count). The third-order valence-electron chi connectivity index (χ3n) is 3.41. The maximum atomic E-state index is 12.2. The summed E-state index contributed by atoms with van der Waals surface area (Å²) < 4.78 is 12.2. The number of nitrogens with zero attached hydrogens (tertiary/aromatic N) is 2. The number of hydrogen-bond donors (Lipinski definition) is 1. The lowest BCUT2D eigenvalue weighted by atomic mass is 10.2. The topological polar surface area (TPSA) is 44.7 Å². The lowest BCUT2D eigenvalue weighted by Crippen LogP contribution is -2.40. The zero-order valence-corrected chi connectivity index (χ0v) is 14.4. The van der Waals surface area contributed by atoms with Crippen molar-refractivity contribution in [3.63, 3.8) is 0 Å². The highest BCUT2D eigenvalue weighted by molar-refractivity contribution is 7.85. The minimum absolute atomic E-state index is 0.558. The van der Waals surface area contributed by atoms with Crippen molar-refractivity contribution in [2.75, 3.05) is 26.4 Å². The van der Waals surface area contributed by atoms with Gasteiger partial charge in [0, 0.05) is 37.8 Å². The number of rotatable bonds is 6. The van der Waals surface area contributed by atoms with Crippen LogP contribution in [-0.2, 0) is 17.3 Å². The molecule has 1 N–H and O–H groups in total. The molecule has 0 fully saturated rings. The molecule has 0 aliphatic rings. The Kier molecular flexibility index (Phi) is 6.81. The average Bonchev–Trinajstić information content (AvgIpc) is 2.60. The van der Waals surface area contributed by atoms with Gasteiger partial charge in [0.15, 0.2) is 5.96 Å². The SMILES string of the molecule is CN=C(NCCS(=O)c1ccccc1)N(C)Cc1ccccc1. The maximum absolute atomic E-state index is 12.2. The Balaban J connectivity index is 1.82. The highest BCUT2D eigenvalue weighted by atomic mass is 32.2. The van der Waals surface area contributed by atoms with Gasteiger partial charge >= 0.3 is 0 Å². The normalized spacial score (nSPS) is 12.7. The molecule has 0 radical (unpaired) electrons. The van der Waals surface area contributed by atoms with E-state index in [-0.39, 0.29) is 0 Å². The Morgan fingerprint density at radius 3 is 2.30 bits per heavy atom. The van der Waals surface area contributed by atoms with Crippen molar-refractivity contribution in [1.29, 1.82) is 0 Å². The molecule has 122 valence electrons. The van der Waals surface area contributed by atoms with Gasteiger partial charge in [0.05, 0.1) is 10.8 Å². The van der Waals surface area contributed by atoms with Crippen LogP contribution in [-0.4, -0.2) is 41.5 Å². The number of hydrogen-bond acceptors (Lipinski definition) is 2. The second-order valence-corrected chi connectivity index (χ2v) is 6.75. The summed E-state index contributed by atoms with van der Waals surface area (Å²) in [5.74, 6) is 1.36. The van der Waals surface area contributed by atoms with Crippen molar-refractivity contribution in [2.24, 2.45) is 4.99 Å². The van der Waals surface area contributed by atoms with Crippen molar-refractivity contribution < 1.29 is 4.21 Å². The number of nitrogens with one attached hydrogen (secondary N) is 1. The maximum Gasteiger partial charge on any atom is 0.193 e. The molecular weight excluding hydrogens is 306 g/mol. The van der Waals surface area contributed by atoms with Crippen molar-refractivity contribution in [3.05, 3.63) is 66.2 Å². The van der Waals surface area contributed by atoms with Gasteiger partial charge in [-0.15, -0.1) is 0 Å². The summed E-state index contributed by atoms with van der Waals surface area (Å²) in [5, 5.41) is 3.27. The van der Waals surface area contributed by atoms with Gasteiger partial charge in [0.2, 0.25) is 0 Å². The van der Waals surface area contributed by atoms with Crippen LogP contribution in [0.5, 0.6) is 0 Å². The predicted octanol–water partition coefficient (Wildman–Crippen LogP) is 2.50. The van der Waals surface area contributed by atoms with Gasteiger partial charge in [-0.05, 0) is 17.7 Å². The molecule has 0 heterocycles. The van der Waals surface area contributed by atoms with Crippen LogP contribution in [0.4, 0.5) is 0 Å². The van der Waals surface area contributed by atoms with Gasteiger partial charge < -0.3 is 10.2 Å². The second kappa shape index (κ2) is 9.10. The summed E-state index contributed by atoms with van der Waals surface area (Å²) in [6.45, 7) is 1.40. The highest BCUT2D eigenvalue weighted by Gasteiger charge is 2.08. The largest absolute Gasteiger partial charge is 0.355 e. The van der Waals surface area contributed by atoms with E-state index >= 15 is 0 Å². The first kappa shape index (κ1) is 17.2. The Labute approximate surface area is 140 Å². The molecule has 0 amide bonds. The molecule has 0 bridgehead atoms. The molecule has 0 aliphatic carbocycles. The first-order chi connectivity index (χ1) is 11.2. The lowest BCUT2D eigenvalue weighted by molar-refractivity contribution is 0.479. The molecule has 2 aromatic rings. The minimum atomic E-state index is -0.989. The van der Waals surface area contributed by atoms with E-state index in [1.807, 2.05) is 55.6 Å². The van der Waals surface area contributed by atoms with Gasteiger partial charge in [0.25, 0.3) is 0 Å². The summed E-state index contributed by atoms with van der Waals surface area (Å²) >= 11 is 0. The van der Waals surface area contributed by atoms with Crippen LogP contribution in [0.3, 0.4) is 0 Å². The van der Waals surface area contributed by atoms with Gasteiger partial charge in [-0.3, -0.25) is 9.20 Å². The standard InChI is InChI=1S/C18H23N3OS/c1-19-18(21(2)15-16-9-5-3-6-10-16)20-13-14-23(22)17-11-7-4-8-12-17/h3-12H,13-15H2,1-2H3,(H,19,20). The average molecular weight is 329 g/mol. The molecule has 2 aromatic carbocycles. The summed E-state index contributed by atoms with van der Waals surface area (Å²) in [6, 6.07) is 19.8. The second-order valence-electron chi connectivity index (χ2n) is 5.18. The first-order valence-electron chi connectivity index (χ1n) is 7.60. The van der Waals surface area contributed by atoms with Crippen molar-refractivity contribution in [2.45, 2.75) is 11.4 Å². The quantitative estimate of drug-likeness (QED) is 0.654. The van der Waals surface area contributed by atoms with E-state index in [1.165, 1.54) is 5.56 Å². The highest BCUT2D eigenvalue weighted by Crippen LogP contribution is 2.05. The zero-order valence-electron chi connectivity index (χ0n) is 13.6. The molecule has 1 unspecified atom stereocenters. The molecule has 23 heavy (non-hydrogen) atoms. The Bertz CT molecular complexity index is 644. The predicted molar refractivity (Wildman–Crippen MR) is 97.0 cm³/mol. The van der Waals surface area contributed by atoms with E-state index in [4.69, 9.17) is 0 Å². The molecule has 0 aliphatic heterocycles. The smallest absolute Gasteiger partial charge is 0.193 e. The van der Waals surface area contributed by atoms with Crippen LogP contribution in [0.15, 0.2) is 70.6 Å². The van der Waals surface area contributed by atoms with E-state index in [2.05, 4.69) is 27.3 Å². The summed E-state index contributed by atoms with van der Waals surface area (Å²) in [4.78, 5) is 7.21. The number of guanidine groups is 1. The van der Waals surface area contributed by atoms with E-state index in [9.17, 15) is 4.21 Å². The fourth-order valence-electron chi connectivity index (χ4n) is 2.26. The third kappa shape index (κ3) is 5.53. The van der Waals surface area contributed by atoms with Crippen LogP contribution in [0.25, 0.3) is 0 Å². The van der Waals surface area contributed by atoms with Crippen molar-refractivity contribution in [3.8, 4) is 0 Å². The van der Waals surface area contributed by atoms with Gasteiger partial charge in [0.1, 0.15) is 0 Å².